The summed E-state index contributed by atoms with van der Waals surface area (Å²) >= 11 is 7.61. The molecule has 1 fully saturated rings. The lowest BCUT2D eigenvalue weighted by molar-refractivity contribution is -0.144. The maximum Gasteiger partial charge on any atom is 0.262 e. The van der Waals surface area contributed by atoms with Gasteiger partial charge in [-0.25, -0.2) is 4.98 Å². The first-order chi connectivity index (χ1) is 31.0. The van der Waals surface area contributed by atoms with Gasteiger partial charge in [0.15, 0.2) is 0 Å². The lowest BCUT2D eigenvalue weighted by Gasteiger charge is -2.35. The Morgan fingerprint density at radius 1 is 0.938 bits per heavy atom. The number of halogens is 1. The summed E-state index contributed by atoms with van der Waals surface area (Å²) in [5, 5.41) is 20.5. The molecule has 0 aliphatic carbocycles. The number of fused-ring (bicyclic) bond motifs is 1. The highest BCUT2D eigenvalue weighted by molar-refractivity contribution is 7.13. The number of ether oxygens (including phenoxy) is 3. The zero-order chi connectivity index (χ0) is 47.0. The smallest absolute Gasteiger partial charge is 0.262 e. The normalized spacial score (nSPS) is 16.0. The molecule has 4 atom stereocenters. The van der Waals surface area contributed by atoms with Gasteiger partial charge in [-0.3, -0.25) is 28.5 Å². The van der Waals surface area contributed by atoms with Gasteiger partial charge < -0.3 is 40.2 Å². The standard InChI is InChI=1S/C48H57ClN6O9S/c1-28(31-8-10-32(11-9-31)43-29(2)51-27-65-43)52-45(59)40-22-35(56)25-54(40)47(61)44(48(4,5)6)53-42(58)26-64-21-20-63-19-18-50-41(57)24-37-30(3)55(39-17-16-36(62-7)23-38(37)39)46(60)33-12-14-34(49)15-13-33/h8-17,23,27-28,35,40,44,56H,18-22,24-26H2,1-7H3,(H,50,57)(H,52,59)(H,53,58)/t28-,35+,40-,44+/m0/s1. The van der Waals surface area contributed by atoms with Crippen molar-refractivity contribution in [3.05, 3.63) is 105 Å². The summed E-state index contributed by atoms with van der Waals surface area (Å²) in [4.78, 5) is 74.2. The zero-order valence-corrected chi connectivity index (χ0v) is 39.3. The van der Waals surface area contributed by atoms with E-state index in [1.807, 2.05) is 65.0 Å². The van der Waals surface area contributed by atoms with Gasteiger partial charge in [0.05, 0.1) is 67.1 Å². The van der Waals surface area contributed by atoms with Crippen molar-refractivity contribution in [2.24, 2.45) is 5.41 Å². The van der Waals surface area contributed by atoms with Crippen LogP contribution in [0.25, 0.3) is 21.3 Å². The summed E-state index contributed by atoms with van der Waals surface area (Å²) in [6, 6.07) is 17.6. The second-order valence-corrected chi connectivity index (χ2v) is 18.5. The SMILES string of the molecule is COc1ccc2c(c1)c(CC(=O)NCCOCCOCC(=O)N[C@H](C(=O)N1C[C@H](O)C[C@H]1C(=O)N[C@@H](C)c1ccc(-c3scnc3C)cc1)C(C)(C)C)c(C)n2C(=O)c1ccc(Cl)cc1. The van der Waals surface area contributed by atoms with Crippen molar-refractivity contribution in [2.75, 3.05) is 46.6 Å². The van der Waals surface area contributed by atoms with E-state index in [1.165, 1.54) is 4.90 Å². The second kappa shape index (κ2) is 21.6. The van der Waals surface area contributed by atoms with E-state index >= 15 is 0 Å². The second-order valence-electron chi connectivity index (χ2n) is 17.2. The minimum atomic E-state index is -1.01. The minimum absolute atomic E-state index is 0.0160. The molecule has 0 bridgehead atoms. The monoisotopic (exact) mass is 928 g/mol. The Morgan fingerprint density at radius 2 is 1.65 bits per heavy atom. The van der Waals surface area contributed by atoms with E-state index in [0.29, 0.717) is 33.1 Å². The van der Waals surface area contributed by atoms with Crippen molar-refractivity contribution in [2.45, 2.75) is 78.6 Å². The van der Waals surface area contributed by atoms with E-state index in [-0.39, 0.29) is 70.2 Å². The molecule has 15 nitrogen and oxygen atoms in total. The van der Waals surface area contributed by atoms with E-state index in [0.717, 1.165) is 27.1 Å². The van der Waals surface area contributed by atoms with E-state index in [4.69, 9.17) is 25.8 Å². The highest BCUT2D eigenvalue weighted by atomic mass is 35.5. The molecular weight excluding hydrogens is 872 g/mol. The maximum absolute atomic E-state index is 14.0. The number of rotatable bonds is 18. The van der Waals surface area contributed by atoms with Crippen LogP contribution in [0.2, 0.25) is 5.02 Å². The number of aromatic nitrogens is 2. The first kappa shape index (κ1) is 48.8. The number of aliphatic hydroxyl groups is 1. The first-order valence-corrected chi connectivity index (χ1v) is 22.7. The van der Waals surface area contributed by atoms with Gasteiger partial charge in [0.1, 0.15) is 24.4 Å². The predicted molar refractivity (Wildman–Crippen MR) is 249 cm³/mol. The Balaban J connectivity index is 0.942. The first-order valence-electron chi connectivity index (χ1n) is 21.5. The average Bonchev–Trinajstić information content (AvgIpc) is 3.97. The van der Waals surface area contributed by atoms with Crippen LogP contribution < -0.4 is 20.7 Å². The van der Waals surface area contributed by atoms with Crippen molar-refractivity contribution in [3.63, 3.8) is 0 Å². The number of hydrogen-bond donors (Lipinski definition) is 4. The molecular formula is C48H57ClN6O9S. The molecule has 3 heterocycles. The molecule has 1 aliphatic rings. The van der Waals surface area contributed by atoms with Crippen molar-refractivity contribution in [3.8, 4) is 16.2 Å². The fraction of sp³-hybridized carbons (Fsp3) is 0.417. The van der Waals surface area contributed by atoms with E-state index in [9.17, 15) is 29.1 Å². The number of aryl methyl sites for hydroxylation is 1. The number of nitrogens with zero attached hydrogens (tertiary/aromatic N) is 3. The zero-order valence-electron chi connectivity index (χ0n) is 37.7. The van der Waals surface area contributed by atoms with Crippen LogP contribution >= 0.6 is 22.9 Å². The molecule has 346 valence electrons. The lowest BCUT2D eigenvalue weighted by atomic mass is 9.85. The molecule has 0 saturated carbocycles. The van der Waals surface area contributed by atoms with E-state index < -0.39 is 41.3 Å². The number of nitrogens with one attached hydrogen (secondary N) is 3. The topological polar surface area (TPSA) is 190 Å². The van der Waals surface area contributed by atoms with Crippen LogP contribution in [0.4, 0.5) is 0 Å². The molecule has 5 aromatic rings. The number of aliphatic hydroxyl groups excluding tert-OH is 1. The van der Waals surface area contributed by atoms with Crippen molar-refractivity contribution >= 4 is 63.4 Å². The van der Waals surface area contributed by atoms with Crippen molar-refractivity contribution < 1.29 is 43.3 Å². The van der Waals surface area contributed by atoms with Gasteiger partial charge in [-0.1, -0.05) is 56.6 Å². The molecule has 0 unspecified atom stereocenters. The van der Waals surface area contributed by atoms with Gasteiger partial charge >= 0.3 is 0 Å². The molecule has 2 aromatic heterocycles. The van der Waals surface area contributed by atoms with Gasteiger partial charge in [0.25, 0.3) is 5.91 Å². The van der Waals surface area contributed by atoms with Gasteiger partial charge in [-0.2, -0.15) is 0 Å². The number of methoxy groups -OCH3 is 1. The molecule has 65 heavy (non-hydrogen) atoms. The summed E-state index contributed by atoms with van der Waals surface area (Å²) in [6.07, 6.45) is -0.817. The summed E-state index contributed by atoms with van der Waals surface area (Å²) in [6.45, 7) is 11.3. The Labute approximate surface area is 387 Å². The Hall–Kier alpha value is -5.65. The molecule has 1 saturated heterocycles. The number of hydrogen-bond acceptors (Lipinski definition) is 11. The lowest BCUT2D eigenvalue weighted by Crippen LogP contribution is -2.58. The van der Waals surface area contributed by atoms with Gasteiger partial charge in [-0.05, 0) is 85.3 Å². The summed E-state index contributed by atoms with van der Waals surface area (Å²) in [5.74, 6) is -1.31. The van der Waals surface area contributed by atoms with Crippen LogP contribution in [0.3, 0.4) is 0 Å². The van der Waals surface area contributed by atoms with Gasteiger partial charge in [-0.15, -0.1) is 11.3 Å². The Kier molecular flexibility index (Phi) is 16.2. The summed E-state index contributed by atoms with van der Waals surface area (Å²) in [5.41, 5.74) is 6.36. The van der Waals surface area contributed by atoms with Crippen LogP contribution in [0.15, 0.2) is 72.2 Å². The average molecular weight is 930 g/mol. The van der Waals surface area contributed by atoms with Crippen molar-refractivity contribution in [1.82, 2.24) is 30.4 Å². The summed E-state index contributed by atoms with van der Waals surface area (Å²) < 4.78 is 18.2. The molecule has 6 rings (SSSR count). The fourth-order valence-electron chi connectivity index (χ4n) is 7.88. The third kappa shape index (κ3) is 12.0. The Morgan fingerprint density at radius 3 is 2.31 bits per heavy atom. The molecule has 1 aliphatic heterocycles. The van der Waals surface area contributed by atoms with E-state index in [1.54, 1.807) is 71.8 Å². The Bertz CT molecular complexity index is 2500. The molecule has 4 amide bonds. The van der Waals surface area contributed by atoms with Crippen LogP contribution in [-0.2, 0) is 35.1 Å². The minimum Gasteiger partial charge on any atom is -0.497 e. The number of carbonyl (C=O) groups excluding carboxylic acids is 5. The quantitative estimate of drug-likeness (QED) is 0.0783. The molecule has 3 aromatic carbocycles. The summed E-state index contributed by atoms with van der Waals surface area (Å²) in [7, 11) is 1.55. The maximum atomic E-state index is 14.0. The number of thiazole rings is 1. The third-order valence-corrected chi connectivity index (χ3v) is 12.6. The molecule has 0 spiro atoms. The van der Waals surface area contributed by atoms with Crippen LogP contribution in [-0.4, -0.2) is 114 Å². The van der Waals surface area contributed by atoms with Crippen LogP contribution in [0.5, 0.6) is 5.75 Å². The van der Waals surface area contributed by atoms with Gasteiger partial charge in [0, 0.05) is 41.2 Å². The number of β-amino-alcohol motifs (C(OH)–C–C–N with tert-alkyl or cyclic N) is 1. The van der Waals surface area contributed by atoms with Crippen molar-refractivity contribution in [1.29, 1.82) is 0 Å². The number of benzene rings is 3. The molecule has 17 heteroatoms. The van der Waals surface area contributed by atoms with Gasteiger partial charge in [0.2, 0.25) is 23.6 Å². The van der Waals surface area contributed by atoms with Crippen LogP contribution in [0.1, 0.15) is 73.0 Å². The number of amides is 4. The fourth-order valence-corrected chi connectivity index (χ4v) is 8.82. The van der Waals surface area contributed by atoms with E-state index in [2.05, 4.69) is 20.9 Å². The molecule has 4 N–H and O–H groups in total. The largest absolute Gasteiger partial charge is 0.497 e. The van der Waals surface area contributed by atoms with Crippen LogP contribution in [0, 0.1) is 19.3 Å². The highest BCUT2D eigenvalue weighted by Crippen LogP contribution is 2.32. The third-order valence-electron chi connectivity index (χ3n) is 11.4. The molecule has 0 radical (unpaired) electrons. The number of likely N-dealkylation sites (tertiary alicyclic amines) is 1. The highest BCUT2D eigenvalue weighted by Gasteiger charge is 2.44. The predicted octanol–water partition coefficient (Wildman–Crippen LogP) is 5.79. The number of carbonyl (C=O) groups is 5.